The zero-order valence-corrected chi connectivity index (χ0v) is 20.1. The molecule has 0 aliphatic rings. The van der Waals surface area contributed by atoms with Crippen molar-refractivity contribution >= 4 is 16.0 Å². The molecular weight excluding hydrogens is 459 g/mol. The van der Waals surface area contributed by atoms with Crippen LogP contribution in [-0.4, -0.2) is 58.4 Å². The average molecular weight is 487 g/mol. The number of halogens is 1. The molecule has 7 nitrogen and oxygen atoms in total. The number of methoxy groups -OCH3 is 1. The topological polar surface area (TPSA) is 76.2 Å². The summed E-state index contributed by atoms with van der Waals surface area (Å²) in [6, 6.07) is 18.2. The first kappa shape index (κ1) is 25.2. The Morgan fingerprint density at radius 1 is 0.912 bits per heavy atom. The third-order valence-corrected chi connectivity index (χ3v) is 6.34. The van der Waals surface area contributed by atoms with E-state index in [4.69, 9.17) is 8.92 Å². The summed E-state index contributed by atoms with van der Waals surface area (Å²) in [4.78, 5) is 16.5. The molecule has 9 heteroatoms. The maximum atomic E-state index is 14.3. The number of nitrogens with zero attached hydrogens (tertiary/aromatic N) is 2. The normalized spacial score (nSPS) is 11.3. The fourth-order valence-electron chi connectivity index (χ4n) is 3.21. The summed E-state index contributed by atoms with van der Waals surface area (Å²) in [5, 5.41) is 0. The van der Waals surface area contributed by atoms with E-state index in [1.807, 2.05) is 19.0 Å². The highest BCUT2D eigenvalue weighted by Gasteiger charge is 2.23. The van der Waals surface area contributed by atoms with Gasteiger partial charge in [-0.3, -0.25) is 4.79 Å². The zero-order valence-electron chi connectivity index (χ0n) is 19.3. The molecule has 3 aromatic rings. The van der Waals surface area contributed by atoms with Gasteiger partial charge in [-0.15, -0.1) is 0 Å². The fraction of sp³-hybridized carbons (Fsp3) is 0.240. The van der Waals surface area contributed by atoms with E-state index in [-0.39, 0.29) is 22.8 Å². The predicted molar refractivity (Wildman–Crippen MR) is 127 cm³/mol. The number of likely N-dealkylation sites (N-methyl/N-ethyl adjacent to an activating group) is 1. The van der Waals surface area contributed by atoms with Gasteiger partial charge in [0.1, 0.15) is 22.2 Å². The van der Waals surface area contributed by atoms with Crippen molar-refractivity contribution in [1.82, 2.24) is 9.80 Å². The highest BCUT2D eigenvalue weighted by molar-refractivity contribution is 7.87. The molecule has 0 atom stereocenters. The van der Waals surface area contributed by atoms with Crippen LogP contribution in [0, 0.1) is 5.82 Å². The molecular formula is C25H27FN2O5S. The van der Waals surface area contributed by atoms with Crippen LogP contribution in [0.1, 0.15) is 15.9 Å². The lowest BCUT2D eigenvalue weighted by molar-refractivity contribution is 0.0726. The van der Waals surface area contributed by atoms with E-state index in [2.05, 4.69) is 0 Å². The van der Waals surface area contributed by atoms with E-state index in [1.165, 1.54) is 60.5 Å². The summed E-state index contributed by atoms with van der Waals surface area (Å²) in [6.07, 6.45) is 0. The number of hydrogen-bond donors (Lipinski definition) is 0. The van der Waals surface area contributed by atoms with Gasteiger partial charge in [-0.05, 0) is 56.6 Å². The summed E-state index contributed by atoms with van der Waals surface area (Å²) in [6.45, 7) is 0.877. The number of ether oxygens (including phenoxy) is 1. The predicted octanol–water partition coefficient (Wildman–Crippen LogP) is 3.81. The zero-order chi connectivity index (χ0) is 24.7. The Labute approximate surface area is 199 Å². The smallest absolute Gasteiger partial charge is 0.339 e. The van der Waals surface area contributed by atoms with Gasteiger partial charge in [0, 0.05) is 25.2 Å². The van der Waals surface area contributed by atoms with E-state index in [1.54, 1.807) is 24.3 Å². The summed E-state index contributed by atoms with van der Waals surface area (Å²) in [5.74, 6) is -0.501. The quantitative estimate of drug-likeness (QED) is 0.406. The van der Waals surface area contributed by atoms with Gasteiger partial charge in [0.05, 0.1) is 12.7 Å². The summed E-state index contributed by atoms with van der Waals surface area (Å²) < 4.78 is 50.5. The number of carbonyl (C=O) groups excluding carboxylic acids is 1. The molecule has 3 aromatic carbocycles. The van der Waals surface area contributed by atoms with Gasteiger partial charge in [-0.2, -0.15) is 8.42 Å². The van der Waals surface area contributed by atoms with Gasteiger partial charge in [0.2, 0.25) is 0 Å². The summed E-state index contributed by atoms with van der Waals surface area (Å²) >= 11 is 0. The molecule has 0 spiro atoms. The van der Waals surface area contributed by atoms with Crippen molar-refractivity contribution < 1.29 is 26.5 Å². The Morgan fingerprint density at radius 3 is 2.21 bits per heavy atom. The van der Waals surface area contributed by atoms with E-state index in [0.717, 1.165) is 0 Å². The Morgan fingerprint density at radius 2 is 1.56 bits per heavy atom. The molecule has 180 valence electrons. The van der Waals surface area contributed by atoms with Gasteiger partial charge < -0.3 is 18.7 Å². The second kappa shape index (κ2) is 11.1. The SMILES string of the molecule is COc1ccc(S(=O)(=O)Oc2ccccc2CN(CCN(C)C)C(=O)c2ccccc2F)cc1. The number of carbonyl (C=O) groups is 1. The molecule has 0 aromatic heterocycles. The molecule has 0 aliphatic carbocycles. The van der Waals surface area contributed by atoms with Crippen LogP contribution < -0.4 is 8.92 Å². The Hall–Kier alpha value is -3.43. The highest BCUT2D eigenvalue weighted by Crippen LogP contribution is 2.26. The van der Waals surface area contributed by atoms with Crippen molar-refractivity contribution in [2.75, 3.05) is 34.3 Å². The van der Waals surface area contributed by atoms with Crippen molar-refractivity contribution in [3.63, 3.8) is 0 Å². The third-order valence-electron chi connectivity index (χ3n) is 5.09. The minimum Gasteiger partial charge on any atom is -0.497 e. The molecule has 0 unspecified atom stereocenters. The second-order valence-corrected chi connectivity index (χ2v) is 9.38. The minimum absolute atomic E-state index is 0.0324. The molecule has 0 N–H and O–H groups in total. The summed E-state index contributed by atoms with van der Waals surface area (Å²) in [7, 11) is 1.09. The molecule has 1 amide bonds. The fourth-order valence-corrected chi connectivity index (χ4v) is 4.17. The first-order valence-electron chi connectivity index (χ1n) is 10.6. The Bertz CT molecular complexity index is 1230. The maximum Gasteiger partial charge on any atom is 0.339 e. The summed E-state index contributed by atoms with van der Waals surface area (Å²) in [5.41, 5.74) is 0.425. The lowest BCUT2D eigenvalue weighted by atomic mass is 10.1. The van der Waals surface area contributed by atoms with E-state index < -0.39 is 21.8 Å². The standard InChI is InChI=1S/C25H27FN2O5S/c1-27(2)16-17-28(25(29)22-9-5-6-10-23(22)26)18-19-8-4-7-11-24(19)33-34(30,31)21-14-12-20(32-3)13-15-21/h4-15H,16-18H2,1-3H3. The van der Waals surface area contributed by atoms with Crippen LogP contribution in [0.4, 0.5) is 4.39 Å². The number of rotatable bonds is 10. The largest absolute Gasteiger partial charge is 0.497 e. The third kappa shape index (κ3) is 6.33. The minimum atomic E-state index is -4.13. The molecule has 0 heterocycles. The van der Waals surface area contributed by atoms with Gasteiger partial charge in [0.15, 0.2) is 0 Å². The van der Waals surface area contributed by atoms with Crippen LogP contribution in [0.15, 0.2) is 77.7 Å². The highest BCUT2D eigenvalue weighted by atomic mass is 32.2. The first-order chi connectivity index (χ1) is 16.2. The van der Waals surface area contributed by atoms with E-state index >= 15 is 0 Å². The molecule has 0 aliphatic heterocycles. The van der Waals surface area contributed by atoms with Gasteiger partial charge >= 0.3 is 10.1 Å². The molecule has 3 rings (SSSR count). The lowest BCUT2D eigenvalue weighted by Gasteiger charge is -2.25. The van der Waals surface area contributed by atoms with E-state index in [0.29, 0.717) is 24.4 Å². The van der Waals surface area contributed by atoms with Crippen LogP contribution >= 0.6 is 0 Å². The Kier molecular flexibility index (Phi) is 8.25. The van der Waals surface area contributed by atoms with Crippen molar-refractivity contribution in [3.8, 4) is 11.5 Å². The molecule has 0 radical (unpaired) electrons. The molecule has 0 saturated heterocycles. The first-order valence-corrected chi connectivity index (χ1v) is 12.0. The molecule has 34 heavy (non-hydrogen) atoms. The monoisotopic (exact) mass is 486 g/mol. The lowest BCUT2D eigenvalue weighted by Crippen LogP contribution is -2.36. The maximum absolute atomic E-state index is 14.3. The van der Waals surface area contributed by atoms with Gasteiger partial charge in [-0.25, -0.2) is 4.39 Å². The number of para-hydroxylation sites is 1. The van der Waals surface area contributed by atoms with Crippen LogP contribution in [-0.2, 0) is 16.7 Å². The van der Waals surface area contributed by atoms with Crippen molar-refractivity contribution in [2.24, 2.45) is 0 Å². The molecule has 0 fully saturated rings. The van der Waals surface area contributed by atoms with Crippen molar-refractivity contribution in [3.05, 3.63) is 89.7 Å². The number of amides is 1. The van der Waals surface area contributed by atoms with Crippen molar-refractivity contribution in [1.29, 1.82) is 0 Å². The van der Waals surface area contributed by atoms with Crippen LogP contribution in [0.25, 0.3) is 0 Å². The Balaban J connectivity index is 1.89. The average Bonchev–Trinajstić information content (AvgIpc) is 2.82. The van der Waals surface area contributed by atoms with Crippen LogP contribution in [0.3, 0.4) is 0 Å². The second-order valence-electron chi connectivity index (χ2n) is 7.83. The van der Waals surface area contributed by atoms with E-state index in [9.17, 15) is 17.6 Å². The van der Waals surface area contributed by atoms with Gasteiger partial charge in [-0.1, -0.05) is 30.3 Å². The number of benzene rings is 3. The van der Waals surface area contributed by atoms with Crippen LogP contribution in [0.2, 0.25) is 0 Å². The van der Waals surface area contributed by atoms with Crippen LogP contribution in [0.5, 0.6) is 11.5 Å². The molecule has 0 bridgehead atoms. The van der Waals surface area contributed by atoms with Crippen molar-refractivity contribution in [2.45, 2.75) is 11.4 Å². The molecule has 0 saturated carbocycles. The number of hydrogen-bond acceptors (Lipinski definition) is 6. The van der Waals surface area contributed by atoms with Gasteiger partial charge in [0.25, 0.3) is 5.91 Å².